The number of carbonyl (C=O) groups excluding carboxylic acids is 1. The molecular weight excluding hydrogens is 274 g/mol. The first-order chi connectivity index (χ1) is 9.11. The molecule has 0 saturated heterocycles. The fourth-order valence-electron chi connectivity index (χ4n) is 3.99. The summed E-state index contributed by atoms with van der Waals surface area (Å²) in [4.78, 5) is 12.3. The fourth-order valence-corrected chi connectivity index (χ4v) is 5.84. The van der Waals surface area contributed by atoms with Gasteiger partial charge in [-0.1, -0.05) is 27.7 Å². The van der Waals surface area contributed by atoms with Crippen LogP contribution in [0.25, 0.3) is 0 Å². The average Bonchev–Trinajstić information content (AvgIpc) is 2.61. The van der Waals surface area contributed by atoms with E-state index in [-0.39, 0.29) is 17.0 Å². The summed E-state index contributed by atoms with van der Waals surface area (Å²) in [5.74, 6) is 0.964. The lowest BCUT2D eigenvalue weighted by Gasteiger charge is -2.36. The quantitative estimate of drug-likeness (QED) is 0.819. The highest BCUT2D eigenvalue weighted by Gasteiger charge is 2.65. The van der Waals surface area contributed by atoms with Gasteiger partial charge in [-0.3, -0.25) is 4.79 Å². The average molecular weight is 301 g/mol. The maximum atomic E-state index is 12.3. The lowest BCUT2D eigenvalue weighted by atomic mass is 9.70. The third-order valence-electron chi connectivity index (χ3n) is 5.62. The number of nitrogens with one attached hydrogen (secondary N) is 1. The molecule has 2 aliphatic carbocycles. The number of hydrogen-bond acceptors (Lipinski definition) is 3. The van der Waals surface area contributed by atoms with Gasteiger partial charge >= 0.3 is 0 Å². The van der Waals surface area contributed by atoms with Crippen LogP contribution in [0.4, 0.5) is 0 Å². The van der Waals surface area contributed by atoms with Gasteiger partial charge in [-0.05, 0) is 36.5 Å². The number of carbonyl (C=O) groups is 1. The van der Waals surface area contributed by atoms with E-state index < -0.39 is 15.4 Å². The van der Waals surface area contributed by atoms with E-state index >= 15 is 0 Å². The maximum Gasteiger partial charge on any atom is 0.212 e. The Bertz CT molecular complexity index is 495. The Balaban J connectivity index is 2.10. The summed E-state index contributed by atoms with van der Waals surface area (Å²) in [6.45, 7) is 8.74. The Morgan fingerprint density at radius 1 is 1.35 bits per heavy atom. The molecule has 2 aliphatic rings. The lowest BCUT2D eigenvalue weighted by molar-refractivity contribution is -0.128. The summed E-state index contributed by atoms with van der Waals surface area (Å²) >= 11 is 0. The molecule has 0 aliphatic heterocycles. The summed E-state index contributed by atoms with van der Waals surface area (Å²) in [5.41, 5.74) is -0.835. The van der Waals surface area contributed by atoms with Crippen molar-refractivity contribution in [3.63, 3.8) is 0 Å². The second-order valence-electron chi connectivity index (χ2n) is 7.50. The lowest BCUT2D eigenvalue weighted by Crippen LogP contribution is -2.45. The van der Waals surface area contributed by atoms with Gasteiger partial charge in [-0.25, -0.2) is 13.1 Å². The Hall–Kier alpha value is -0.420. The maximum absolute atomic E-state index is 12.3. The first kappa shape index (κ1) is 16.0. The second kappa shape index (κ2) is 5.09. The predicted octanol–water partition coefficient (Wildman–Crippen LogP) is 2.35. The molecule has 0 heterocycles. The minimum absolute atomic E-state index is 0.0274. The van der Waals surface area contributed by atoms with Crippen molar-refractivity contribution in [2.45, 2.75) is 53.4 Å². The Labute approximate surface area is 122 Å². The Morgan fingerprint density at radius 2 is 2.00 bits per heavy atom. The SMILES string of the molecule is CC(C)CCNS(=O)(=O)CC12CCC(CC1=O)C2(C)C. The standard InChI is InChI=1S/C15H27NO3S/c1-11(2)6-8-16-20(18,19)10-15-7-5-12(9-13(15)17)14(15,3)4/h11-12,16H,5-10H2,1-4H3. The summed E-state index contributed by atoms with van der Waals surface area (Å²) < 4.78 is 27.3. The molecule has 20 heavy (non-hydrogen) atoms. The van der Waals surface area contributed by atoms with Crippen LogP contribution in [0, 0.1) is 22.7 Å². The van der Waals surface area contributed by atoms with Crippen LogP contribution in [0.15, 0.2) is 0 Å². The van der Waals surface area contributed by atoms with Gasteiger partial charge in [0.1, 0.15) is 5.78 Å². The molecule has 0 amide bonds. The Morgan fingerprint density at radius 3 is 2.45 bits per heavy atom. The van der Waals surface area contributed by atoms with Gasteiger partial charge in [0.05, 0.1) is 5.75 Å². The highest BCUT2D eigenvalue weighted by molar-refractivity contribution is 7.89. The molecule has 116 valence electrons. The summed E-state index contributed by atoms with van der Waals surface area (Å²) in [7, 11) is -3.38. The van der Waals surface area contributed by atoms with Gasteiger partial charge in [-0.2, -0.15) is 0 Å². The Kier molecular flexibility index (Phi) is 4.06. The molecule has 0 aromatic heterocycles. The van der Waals surface area contributed by atoms with Crippen LogP contribution in [0.5, 0.6) is 0 Å². The zero-order chi connectivity index (χ0) is 15.2. The van der Waals surface area contributed by atoms with Gasteiger partial charge in [0.2, 0.25) is 10.0 Å². The number of fused-ring (bicyclic) bond motifs is 2. The molecule has 2 unspecified atom stereocenters. The largest absolute Gasteiger partial charge is 0.299 e. The zero-order valence-electron chi connectivity index (χ0n) is 13.0. The molecule has 2 fully saturated rings. The fraction of sp³-hybridized carbons (Fsp3) is 0.933. The van der Waals surface area contributed by atoms with E-state index in [0.717, 1.165) is 19.3 Å². The molecule has 0 aromatic rings. The molecule has 4 nitrogen and oxygen atoms in total. The molecule has 0 spiro atoms. The number of rotatable bonds is 6. The number of Topliss-reactive ketones (excluding diaryl/α,β-unsaturated/α-hetero) is 1. The highest BCUT2D eigenvalue weighted by Crippen LogP contribution is 2.64. The zero-order valence-corrected chi connectivity index (χ0v) is 13.8. The van der Waals surface area contributed by atoms with Crippen molar-refractivity contribution in [3.8, 4) is 0 Å². The molecule has 2 atom stereocenters. The number of sulfonamides is 1. The van der Waals surface area contributed by atoms with Crippen molar-refractivity contribution >= 4 is 15.8 Å². The van der Waals surface area contributed by atoms with Gasteiger partial charge in [-0.15, -0.1) is 0 Å². The van der Waals surface area contributed by atoms with Crippen LogP contribution in [0.1, 0.15) is 53.4 Å². The van der Waals surface area contributed by atoms with Crippen LogP contribution < -0.4 is 4.72 Å². The van der Waals surface area contributed by atoms with Gasteiger partial charge < -0.3 is 0 Å². The van der Waals surface area contributed by atoms with Crippen LogP contribution in [-0.4, -0.2) is 26.5 Å². The topological polar surface area (TPSA) is 63.2 Å². The van der Waals surface area contributed by atoms with E-state index in [2.05, 4.69) is 32.4 Å². The van der Waals surface area contributed by atoms with E-state index in [1.807, 2.05) is 0 Å². The van der Waals surface area contributed by atoms with Crippen molar-refractivity contribution in [1.29, 1.82) is 0 Å². The van der Waals surface area contributed by atoms with Crippen LogP contribution >= 0.6 is 0 Å². The van der Waals surface area contributed by atoms with Crippen LogP contribution in [0.2, 0.25) is 0 Å². The third-order valence-corrected chi connectivity index (χ3v) is 7.14. The third kappa shape index (κ3) is 2.54. The van der Waals surface area contributed by atoms with Crippen molar-refractivity contribution in [3.05, 3.63) is 0 Å². The van der Waals surface area contributed by atoms with E-state index in [4.69, 9.17) is 0 Å². The van der Waals surface area contributed by atoms with Crippen molar-refractivity contribution in [2.75, 3.05) is 12.3 Å². The van der Waals surface area contributed by atoms with E-state index in [1.54, 1.807) is 0 Å². The molecule has 2 rings (SSSR count). The molecule has 0 aromatic carbocycles. The smallest absolute Gasteiger partial charge is 0.212 e. The first-order valence-electron chi connectivity index (χ1n) is 7.61. The first-order valence-corrected chi connectivity index (χ1v) is 9.26. The summed E-state index contributed by atoms with van der Waals surface area (Å²) in [6, 6.07) is 0. The summed E-state index contributed by atoms with van der Waals surface area (Å²) in [5, 5.41) is 0. The second-order valence-corrected chi connectivity index (χ2v) is 9.31. The normalized spacial score (nSPS) is 32.2. The van der Waals surface area contributed by atoms with E-state index in [1.165, 1.54) is 0 Å². The monoisotopic (exact) mass is 301 g/mol. The van der Waals surface area contributed by atoms with Crippen LogP contribution in [-0.2, 0) is 14.8 Å². The predicted molar refractivity (Wildman–Crippen MR) is 79.8 cm³/mol. The highest BCUT2D eigenvalue weighted by atomic mass is 32.2. The van der Waals surface area contributed by atoms with Crippen molar-refractivity contribution < 1.29 is 13.2 Å². The molecule has 2 saturated carbocycles. The summed E-state index contributed by atoms with van der Waals surface area (Å²) in [6.07, 6.45) is 3.11. The van der Waals surface area contributed by atoms with E-state index in [0.29, 0.717) is 24.8 Å². The molecule has 5 heteroatoms. The molecule has 2 bridgehead atoms. The molecule has 1 N–H and O–H groups in total. The number of hydrogen-bond donors (Lipinski definition) is 1. The van der Waals surface area contributed by atoms with Gasteiger partial charge in [0.15, 0.2) is 0 Å². The van der Waals surface area contributed by atoms with E-state index in [9.17, 15) is 13.2 Å². The minimum atomic E-state index is -3.38. The minimum Gasteiger partial charge on any atom is -0.299 e. The van der Waals surface area contributed by atoms with Gasteiger partial charge in [0.25, 0.3) is 0 Å². The van der Waals surface area contributed by atoms with Crippen LogP contribution in [0.3, 0.4) is 0 Å². The number of ketones is 1. The molecular formula is C15H27NO3S. The molecule has 0 radical (unpaired) electrons. The van der Waals surface area contributed by atoms with Crippen molar-refractivity contribution in [2.24, 2.45) is 22.7 Å². The van der Waals surface area contributed by atoms with Gasteiger partial charge in [0, 0.05) is 18.4 Å². The van der Waals surface area contributed by atoms with Crippen molar-refractivity contribution in [1.82, 2.24) is 4.72 Å².